The average Bonchev–Trinajstić information content (AvgIpc) is 2.38. The minimum atomic E-state index is -1.15. The summed E-state index contributed by atoms with van der Waals surface area (Å²) in [4.78, 5) is 30.6. The number of hydrogen-bond acceptors (Lipinski definition) is 4. The van der Waals surface area contributed by atoms with Crippen LogP contribution in [0.1, 0.15) is 20.8 Å². The van der Waals surface area contributed by atoms with E-state index in [-0.39, 0.29) is 22.1 Å². The molecule has 0 unspecified atom stereocenters. The SMILES string of the molecule is O=C(Nc1cc(Br)ccc1C(=O)O)c1cncc(Cl)n1. The van der Waals surface area contributed by atoms with E-state index >= 15 is 0 Å². The van der Waals surface area contributed by atoms with Gasteiger partial charge in [0.15, 0.2) is 0 Å². The molecular weight excluding hydrogens is 350 g/mol. The number of aromatic nitrogens is 2. The molecule has 102 valence electrons. The second-order valence-corrected chi connectivity index (χ2v) is 4.98. The highest BCUT2D eigenvalue weighted by Gasteiger charge is 2.15. The quantitative estimate of drug-likeness (QED) is 0.882. The van der Waals surface area contributed by atoms with Crippen LogP contribution in [0.5, 0.6) is 0 Å². The third-order valence-corrected chi connectivity index (χ3v) is 2.97. The standard InChI is InChI=1S/C12H7BrClN3O3/c13-6-1-2-7(12(19)20)8(3-6)17-11(18)9-4-15-5-10(14)16-9/h1-5H,(H,17,18)(H,19,20). The Morgan fingerprint density at radius 1 is 1.30 bits per heavy atom. The number of carboxylic acid groups (broad SMARTS) is 1. The summed E-state index contributed by atoms with van der Waals surface area (Å²) in [7, 11) is 0. The smallest absolute Gasteiger partial charge is 0.337 e. The van der Waals surface area contributed by atoms with Gasteiger partial charge in [0.05, 0.1) is 23.6 Å². The predicted octanol–water partition coefficient (Wildman–Crippen LogP) is 2.84. The molecule has 0 saturated carbocycles. The van der Waals surface area contributed by atoms with Gasteiger partial charge in [0.2, 0.25) is 0 Å². The topological polar surface area (TPSA) is 92.2 Å². The van der Waals surface area contributed by atoms with Gasteiger partial charge in [-0.2, -0.15) is 0 Å². The van der Waals surface area contributed by atoms with E-state index in [1.54, 1.807) is 6.07 Å². The maximum absolute atomic E-state index is 12.0. The van der Waals surface area contributed by atoms with E-state index in [1.165, 1.54) is 24.5 Å². The van der Waals surface area contributed by atoms with Crippen LogP contribution in [0.25, 0.3) is 0 Å². The molecule has 2 rings (SSSR count). The van der Waals surface area contributed by atoms with Gasteiger partial charge < -0.3 is 10.4 Å². The molecule has 6 nitrogen and oxygen atoms in total. The van der Waals surface area contributed by atoms with Crippen molar-refractivity contribution in [3.05, 3.63) is 51.5 Å². The molecule has 20 heavy (non-hydrogen) atoms. The van der Waals surface area contributed by atoms with Crippen molar-refractivity contribution in [3.63, 3.8) is 0 Å². The van der Waals surface area contributed by atoms with Crippen molar-refractivity contribution in [2.75, 3.05) is 5.32 Å². The first kappa shape index (κ1) is 14.4. The lowest BCUT2D eigenvalue weighted by Crippen LogP contribution is -2.16. The number of aromatic carboxylic acids is 1. The molecule has 0 aliphatic heterocycles. The lowest BCUT2D eigenvalue weighted by molar-refractivity contribution is 0.0698. The van der Waals surface area contributed by atoms with Gasteiger partial charge in [-0.25, -0.2) is 9.78 Å². The zero-order chi connectivity index (χ0) is 14.7. The van der Waals surface area contributed by atoms with Gasteiger partial charge in [-0.3, -0.25) is 9.78 Å². The number of benzene rings is 1. The van der Waals surface area contributed by atoms with E-state index in [2.05, 4.69) is 31.2 Å². The molecule has 2 N–H and O–H groups in total. The zero-order valence-electron chi connectivity index (χ0n) is 9.80. The van der Waals surface area contributed by atoms with Crippen LogP contribution >= 0.6 is 27.5 Å². The Hall–Kier alpha value is -1.99. The Morgan fingerprint density at radius 3 is 2.70 bits per heavy atom. The summed E-state index contributed by atoms with van der Waals surface area (Å²) >= 11 is 8.85. The van der Waals surface area contributed by atoms with Crippen molar-refractivity contribution in [1.29, 1.82) is 0 Å². The number of amides is 1. The summed E-state index contributed by atoms with van der Waals surface area (Å²) in [6.07, 6.45) is 2.53. The number of rotatable bonds is 3. The summed E-state index contributed by atoms with van der Waals surface area (Å²) in [6, 6.07) is 4.43. The Labute approximate surface area is 126 Å². The lowest BCUT2D eigenvalue weighted by Gasteiger charge is -2.08. The summed E-state index contributed by atoms with van der Waals surface area (Å²) in [5.74, 6) is -1.74. The number of nitrogens with one attached hydrogen (secondary N) is 1. The van der Waals surface area contributed by atoms with E-state index in [4.69, 9.17) is 16.7 Å². The van der Waals surface area contributed by atoms with Crippen molar-refractivity contribution < 1.29 is 14.7 Å². The molecule has 1 aromatic carbocycles. The van der Waals surface area contributed by atoms with Crippen LogP contribution in [-0.4, -0.2) is 27.0 Å². The summed E-state index contributed by atoms with van der Waals surface area (Å²) in [5.41, 5.74) is 0.115. The predicted molar refractivity (Wildman–Crippen MR) is 76.1 cm³/mol. The lowest BCUT2D eigenvalue weighted by atomic mass is 10.2. The van der Waals surface area contributed by atoms with E-state index in [0.717, 1.165) is 0 Å². The van der Waals surface area contributed by atoms with E-state index in [0.29, 0.717) is 4.47 Å². The van der Waals surface area contributed by atoms with Gasteiger partial charge in [-0.05, 0) is 18.2 Å². The van der Waals surface area contributed by atoms with E-state index in [1.807, 2.05) is 0 Å². The van der Waals surface area contributed by atoms with Gasteiger partial charge in [-0.1, -0.05) is 27.5 Å². The molecule has 1 amide bonds. The molecule has 1 aromatic heterocycles. The number of halogens is 2. The number of nitrogens with zero attached hydrogens (tertiary/aromatic N) is 2. The van der Waals surface area contributed by atoms with Crippen LogP contribution in [0.3, 0.4) is 0 Å². The molecule has 0 saturated heterocycles. The zero-order valence-corrected chi connectivity index (χ0v) is 12.1. The van der Waals surface area contributed by atoms with Crippen molar-refractivity contribution in [3.8, 4) is 0 Å². The van der Waals surface area contributed by atoms with Crippen molar-refractivity contribution >= 4 is 45.1 Å². The van der Waals surface area contributed by atoms with Crippen LogP contribution in [-0.2, 0) is 0 Å². The molecule has 8 heteroatoms. The summed E-state index contributed by atoms with van der Waals surface area (Å²) in [6.45, 7) is 0. The van der Waals surface area contributed by atoms with Crippen LogP contribution in [0.2, 0.25) is 5.15 Å². The molecule has 0 atom stereocenters. The molecule has 0 aliphatic carbocycles. The molecule has 2 aromatic rings. The normalized spacial score (nSPS) is 10.1. The van der Waals surface area contributed by atoms with Crippen LogP contribution < -0.4 is 5.32 Å². The average molecular weight is 357 g/mol. The van der Waals surface area contributed by atoms with Gasteiger partial charge in [0.1, 0.15) is 10.8 Å². The third-order valence-electron chi connectivity index (χ3n) is 2.30. The first-order chi connectivity index (χ1) is 9.47. The second-order valence-electron chi connectivity index (χ2n) is 3.68. The monoisotopic (exact) mass is 355 g/mol. The molecular formula is C12H7BrClN3O3. The van der Waals surface area contributed by atoms with Gasteiger partial charge in [0, 0.05) is 4.47 Å². The number of carbonyl (C=O) groups is 2. The molecule has 0 spiro atoms. The number of anilines is 1. The first-order valence-electron chi connectivity index (χ1n) is 5.29. The highest BCUT2D eigenvalue weighted by molar-refractivity contribution is 9.10. The maximum Gasteiger partial charge on any atom is 0.337 e. The highest BCUT2D eigenvalue weighted by atomic mass is 79.9. The Bertz CT molecular complexity index is 693. The number of carbonyl (C=O) groups excluding carboxylic acids is 1. The minimum Gasteiger partial charge on any atom is -0.478 e. The Kier molecular flexibility index (Phi) is 4.31. The number of hydrogen-bond donors (Lipinski definition) is 2. The second kappa shape index (κ2) is 5.98. The number of carboxylic acids is 1. The third kappa shape index (κ3) is 3.31. The van der Waals surface area contributed by atoms with Crippen LogP contribution in [0.4, 0.5) is 5.69 Å². The maximum atomic E-state index is 12.0. The molecule has 1 heterocycles. The summed E-state index contributed by atoms with van der Waals surface area (Å²) < 4.78 is 0.634. The first-order valence-corrected chi connectivity index (χ1v) is 6.46. The largest absolute Gasteiger partial charge is 0.478 e. The highest BCUT2D eigenvalue weighted by Crippen LogP contribution is 2.22. The van der Waals surface area contributed by atoms with Gasteiger partial charge >= 0.3 is 5.97 Å². The van der Waals surface area contributed by atoms with Crippen LogP contribution in [0, 0.1) is 0 Å². The molecule has 0 aliphatic rings. The van der Waals surface area contributed by atoms with E-state index in [9.17, 15) is 9.59 Å². The Morgan fingerprint density at radius 2 is 2.05 bits per heavy atom. The molecule has 0 fully saturated rings. The fourth-order valence-electron chi connectivity index (χ4n) is 1.44. The Balaban J connectivity index is 2.32. The molecule has 0 radical (unpaired) electrons. The summed E-state index contributed by atoms with van der Waals surface area (Å²) in [5, 5.41) is 11.6. The minimum absolute atomic E-state index is 0.00573. The van der Waals surface area contributed by atoms with Crippen molar-refractivity contribution in [2.24, 2.45) is 0 Å². The fourth-order valence-corrected chi connectivity index (χ4v) is 1.95. The van der Waals surface area contributed by atoms with Crippen LogP contribution in [0.15, 0.2) is 35.1 Å². The van der Waals surface area contributed by atoms with Gasteiger partial charge in [-0.15, -0.1) is 0 Å². The van der Waals surface area contributed by atoms with Crippen molar-refractivity contribution in [2.45, 2.75) is 0 Å². The van der Waals surface area contributed by atoms with Crippen molar-refractivity contribution in [1.82, 2.24) is 9.97 Å². The molecule has 0 bridgehead atoms. The van der Waals surface area contributed by atoms with E-state index < -0.39 is 11.9 Å². The fraction of sp³-hybridized carbons (Fsp3) is 0. The van der Waals surface area contributed by atoms with Gasteiger partial charge in [0.25, 0.3) is 5.91 Å².